The van der Waals surface area contributed by atoms with Crippen molar-refractivity contribution in [3.05, 3.63) is 105 Å². The number of benzene rings is 4. The zero-order chi connectivity index (χ0) is 34.2. The predicted octanol–water partition coefficient (Wildman–Crippen LogP) is 7.95. The number of para-hydroxylation sites is 2. The molecule has 2 amide bonds. The molecule has 1 aliphatic carbocycles. The van der Waals surface area contributed by atoms with Crippen molar-refractivity contribution in [3.63, 3.8) is 0 Å². The standard InChI is InChI=1S/C36H36Cl2N4O6/c1-3-5-9-17-47-33-15-13-23(37)19-25(33)35(43)39-27-21-31-32(42(46)30-12-8-7-11-29(30)41(31)45)22-28(27)40-36(44)26-20-24(38)14-16-34(26)48-18-10-6-4-2/h7-8,11-16,19-22,45-46H,3-6,9-10,17-18H2,1-2H3. The number of amides is 2. The largest absolute Gasteiger partial charge is 0.493 e. The van der Waals surface area contributed by atoms with E-state index in [1.807, 2.05) is 0 Å². The molecule has 0 fully saturated rings. The maximum absolute atomic E-state index is 13.8. The van der Waals surface area contributed by atoms with Crippen molar-refractivity contribution in [3.8, 4) is 22.9 Å². The number of nitrogens with zero attached hydrogens (tertiary/aromatic N) is 4. The molecule has 3 aromatic rings. The van der Waals surface area contributed by atoms with Crippen LogP contribution in [0.3, 0.4) is 0 Å². The topological polar surface area (TPSA) is 128 Å². The van der Waals surface area contributed by atoms with E-state index in [-0.39, 0.29) is 44.3 Å². The van der Waals surface area contributed by atoms with Crippen LogP contribution in [0.25, 0.3) is 22.4 Å². The number of aromatic nitrogens is 2. The Morgan fingerprint density at radius 1 is 0.646 bits per heavy atom. The lowest BCUT2D eigenvalue weighted by Crippen LogP contribution is -2.31. The van der Waals surface area contributed by atoms with Crippen LogP contribution < -0.4 is 20.2 Å². The Morgan fingerprint density at radius 3 is 1.46 bits per heavy atom. The van der Waals surface area contributed by atoms with Gasteiger partial charge in [0.25, 0.3) is 11.8 Å². The van der Waals surface area contributed by atoms with Crippen LogP contribution in [0.15, 0.2) is 82.8 Å². The van der Waals surface area contributed by atoms with Gasteiger partial charge in [-0.05, 0) is 73.5 Å². The van der Waals surface area contributed by atoms with Crippen LogP contribution in [0.2, 0.25) is 10.0 Å². The van der Waals surface area contributed by atoms with Gasteiger partial charge in [-0.3, -0.25) is 9.59 Å². The molecule has 0 aromatic heterocycles. The average molecular weight is 692 g/mol. The quantitative estimate of drug-likeness (QED) is 0.0777. The maximum Gasteiger partial charge on any atom is 0.281 e. The summed E-state index contributed by atoms with van der Waals surface area (Å²) in [6.07, 6.45) is 5.56. The molecular formula is C36H36Cl2N4O6. The van der Waals surface area contributed by atoms with Crippen LogP contribution in [0.5, 0.6) is 11.5 Å². The fraction of sp³-hybridized carbons (Fsp3) is 0.278. The molecule has 10 nitrogen and oxygen atoms in total. The molecule has 0 unspecified atom stereocenters. The summed E-state index contributed by atoms with van der Waals surface area (Å²) in [6.45, 7) is 4.96. The number of carbonyl (C=O) groups is 2. The summed E-state index contributed by atoms with van der Waals surface area (Å²) in [5, 5.41) is 22.8. The minimum atomic E-state index is -0.712. The molecule has 2 aliphatic rings. The Labute approximate surface area is 287 Å². The van der Waals surface area contributed by atoms with Crippen LogP contribution in [0.4, 0.5) is 0 Å². The van der Waals surface area contributed by atoms with Crippen LogP contribution >= 0.6 is 23.2 Å². The molecule has 1 heterocycles. The Morgan fingerprint density at radius 2 is 1.06 bits per heavy atom. The van der Waals surface area contributed by atoms with E-state index >= 15 is 0 Å². The SMILES string of the molecule is CCCCCOc1ccc(Cl)cc1C(=O)N=c1cc2n(O)c3ccccc3n(O)c-2cc1=NC(=O)c1cc(Cl)ccc1OCCCCC. The lowest BCUT2D eigenvalue weighted by molar-refractivity contribution is 0.0982. The fourth-order valence-corrected chi connectivity index (χ4v) is 5.50. The van der Waals surface area contributed by atoms with Gasteiger partial charge in [-0.15, -0.1) is 0 Å². The van der Waals surface area contributed by atoms with Gasteiger partial charge in [0, 0.05) is 10.0 Å². The Hall–Kier alpha value is -4.80. The Balaban J connectivity index is 1.70. The highest BCUT2D eigenvalue weighted by Gasteiger charge is 2.20. The van der Waals surface area contributed by atoms with Gasteiger partial charge in [-0.25, -0.2) is 9.98 Å². The third-order valence-corrected chi connectivity index (χ3v) is 8.14. The molecule has 0 saturated carbocycles. The molecule has 48 heavy (non-hydrogen) atoms. The van der Waals surface area contributed by atoms with E-state index in [0.717, 1.165) is 48.0 Å². The molecule has 12 heteroatoms. The molecule has 0 bridgehead atoms. The number of ether oxygens (including phenoxy) is 2. The van der Waals surface area contributed by atoms with Crippen molar-refractivity contribution in [2.45, 2.75) is 52.4 Å². The van der Waals surface area contributed by atoms with E-state index < -0.39 is 11.8 Å². The average Bonchev–Trinajstić information content (AvgIpc) is 3.09. The van der Waals surface area contributed by atoms with E-state index in [0.29, 0.717) is 34.8 Å². The second kappa shape index (κ2) is 15.9. The van der Waals surface area contributed by atoms with Gasteiger partial charge in [-0.1, -0.05) is 74.9 Å². The zero-order valence-electron chi connectivity index (χ0n) is 26.7. The van der Waals surface area contributed by atoms with Crippen LogP contribution in [0, 0.1) is 0 Å². The predicted molar refractivity (Wildman–Crippen MR) is 184 cm³/mol. The number of halogens is 2. The molecule has 3 aromatic carbocycles. The first-order valence-electron chi connectivity index (χ1n) is 15.8. The number of hydrogen-bond donors (Lipinski definition) is 2. The third-order valence-electron chi connectivity index (χ3n) is 7.67. The highest BCUT2D eigenvalue weighted by atomic mass is 35.5. The highest BCUT2D eigenvalue weighted by molar-refractivity contribution is 6.31. The first kappa shape index (κ1) is 34.5. The number of unbranched alkanes of at least 4 members (excludes halogenated alkanes) is 4. The molecule has 5 rings (SSSR count). The fourth-order valence-electron chi connectivity index (χ4n) is 5.15. The molecule has 2 N–H and O–H groups in total. The van der Waals surface area contributed by atoms with E-state index in [2.05, 4.69) is 23.8 Å². The van der Waals surface area contributed by atoms with Crippen molar-refractivity contribution >= 4 is 46.0 Å². The second-order valence-electron chi connectivity index (χ2n) is 11.2. The zero-order valence-corrected chi connectivity index (χ0v) is 28.2. The minimum absolute atomic E-state index is 0.0525. The Kier molecular flexibility index (Phi) is 11.4. The van der Waals surface area contributed by atoms with E-state index in [9.17, 15) is 20.0 Å². The van der Waals surface area contributed by atoms with Gasteiger partial charge >= 0.3 is 0 Å². The molecule has 0 saturated heterocycles. The third kappa shape index (κ3) is 7.83. The minimum Gasteiger partial charge on any atom is -0.493 e. The number of hydrogen-bond acceptors (Lipinski definition) is 6. The van der Waals surface area contributed by atoms with Crippen LogP contribution in [-0.4, -0.2) is 44.9 Å². The lowest BCUT2D eigenvalue weighted by atomic mass is 10.1. The number of fused-ring (bicyclic) bond motifs is 2. The van der Waals surface area contributed by atoms with Crippen molar-refractivity contribution in [2.75, 3.05) is 13.2 Å². The summed E-state index contributed by atoms with van der Waals surface area (Å²) in [7, 11) is 0. The molecule has 250 valence electrons. The summed E-state index contributed by atoms with van der Waals surface area (Å²) >= 11 is 12.5. The van der Waals surface area contributed by atoms with Gasteiger partial charge in [0.2, 0.25) is 0 Å². The van der Waals surface area contributed by atoms with E-state index in [4.69, 9.17) is 32.7 Å². The van der Waals surface area contributed by atoms with Crippen molar-refractivity contribution in [2.24, 2.45) is 9.98 Å². The van der Waals surface area contributed by atoms with Gasteiger partial charge in [0.1, 0.15) is 33.9 Å². The van der Waals surface area contributed by atoms with E-state index in [1.54, 1.807) is 48.5 Å². The molecule has 0 spiro atoms. The maximum atomic E-state index is 13.8. The molecule has 1 aliphatic heterocycles. The van der Waals surface area contributed by atoms with E-state index in [1.165, 1.54) is 24.3 Å². The van der Waals surface area contributed by atoms with Crippen molar-refractivity contribution in [1.29, 1.82) is 0 Å². The van der Waals surface area contributed by atoms with Crippen molar-refractivity contribution in [1.82, 2.24) is 9.46 Å². The Bertz CT molecular complexity index is 1920. The number of rotatable bonds is 12. The normalized spacial score (nSPS) is 12.2. The second-order valence-corrected chi connectivity index (χ2v) is 12.0. The summed E-state index contributed by atoms with van der Waals surface area (Å²) in [5.74, 6) is -0.813. The first-order chi connectivity index (χ1) is 23.2. The summed E-state index contributed by atoms with van der Waals surface area (Å²) < 4.78 is 13.6. The summed E-state index contributed by atoms with van der Waals surface area (Å²) in [5.41, 5.74) is 0.986. The first-order valence-corrected chi connectivity index (χ1v) is 16.6. The highest BCUT2D eigenvalue weighted by Crippen LogP contribution is 2.27. The molecular weight excluding hydrogens is 655 g/mol. The molecule has 0 radical (unpaired) electrons. The monoisotopic (exact) mass is 690 g/mol. The smallest absolute Gasteiger partial charge is 0.281 e. The van der Waals surface area contributed by atoms with Gasteiger partial charge in [-0.2, -0.15) is 9.46 Å². The summed E-state index contributed by atoms with van der Waals surface area (Å²) in [6, 6.07) is 18.7. The van der Waals surface area contributed by atoms with Crippen molar-refractivity contribution < 1.29 is 29.5 Å². The lowest BCUT2D eigenvalue weighted by Gasteiger charge is -2.17. The van der Waals surface area contributed by atoms with Gasteiger partial charge in [0.05, 0.1) is 35.1 Å². The molecule has 0 atom stereocenters. The van der Waals surface area contributed by atoms with Crippen LogP contribution in [-0.2, 0) is 0 Å². The van der Waals surface area contributed by atoms with Gasteiger partial charge in [0.15, 0.2) is 0 Å². The van der Waals surface area contributed by atoms with Crippen LogP contribution in [0.1, 0.15) is 73.1 Å². The number of carbonyl (C=O) groups excluding carboxylic acids is 2. The van der Waals surface area contributed by atoms with Gasteiger partial charge < -0.3 is 19.9 Å². The summed E-state index contributed by atoms with van der Waals surface area (Å²) in [4.78, 5) is 36.2.